The Bertz CT molecular complexity index is 883. The lowest BCUT2D eigenvalue weighted by molar-refractivity contribution is 1.02. The van der Waals surface area contributed by atoms with E-state index in [1.54, 1.807) is 0 Å². The number of nitrogens with two attached hydrogens (primary N) is 1. The fourth-order valence-corrected chi connectivity index (χ4v) is 2.93. The van der Waals surface area contributed by atoms with Crippen LogP contribution in [0, 0.1) is 13.8 Å². The average molecular weight is 330 g/mol. The summed E-state index contributed by atoms with van der Waals surface area (Å²) >= 11 is 11.3. The Hall–Kier alpha value is -1.91. The van der Waals surface area contributed by atoms with Gasteiger partial charge in [-0.2, -0.15) is 0 Å². The molecule has 0 spiro atoms. The molecular formula is C17H16ClN3S. The Balaban J connectivity index is 2.30. The maximum atomic E-state index is 6.13. The molecule has 3 rings (SSSR count). The van der Waals surface area contributed by atoms with Gasteiger partial charge in [-0.25, -0.2) is 4.98 Å². The quantitative estimate of drug-likeness (QED) is 0.736. The molecule has 0 aliphatic rings. The number of rotatable bonds is 3. The highest BCUT2D eigenvalue weighted by atomic mass is 35.5. The highest BCUT2D eigenvalue weighted by molar-refractivity contribution is 7.80. The highest BCUT2D eigenvalue weighted by Gasteiger charge is 2.16. The molecule has 0 aliphatic carbocycles. The van der Waals surface area contributed by atoms with Crippen molar-refractivity contribution in [1.82, 2.24) is 9.38 Å². The van der Waals surface area contributed by atoms with Crippen molar-refractivity contribution in [2.75, 3.05) is 0 Å². The number of benzene rings is 1. The number of pyridine rings is 1. The standard InChI is InChI=1S/C17H16ClN3S/c1-10-8-12(6-7-13(10)18)17-14(9-15(19)22)21-11(2)4-3-5-16(21)20-17/h3-8H,9H2,1-2H3,(H2,19,22). The first-order chi connectivity index (χ1) is 10.5. The van der Waals surface area contributed by atoms with Crippen molar-refractivity contribution in [2.45, 2.75) is 20.3 Å². The minimum atomic E-state index is 0.456. The lowest BCUT2D eigenvalue weighted by Crippen LogP contribution is -2.13. The van der Waals surface area contributed by atoms with Crippen LogP contribution >= 0.6 is 23.8 Å². The third-order valence-corrected chi connectivity index (χ3v) is 4.28. The molecule has 5 heteroatoms. The highest BCUT2D eigenvalue weighted by Crippen LogP contribution is 2.29. The number of imidazole rings is 1. The van der Waals surface area contributed by atoms with Gasteiger partial charge in [-0.1, -0.05) is 36.0 Å². The van der Waals surface area contributed by atoms with Gasteiger partial charge in [0.2, 0.25) is 0 Å². The molecule has 2 heterocycles. The van der Waals surface area contributed by atoms with Gasteiger partial charge in [-0.3, -0.25) is 0 Å². The molecule has 0 amide bonds. The van der Waals surface area contributed by atoms with E-state index in [4.69, 9.17) is 34.5 Å². The van der Waals surface area contributed by atoms with E-state index in [2.05, 4.69) is 17.4 Å². The van der Waals surface area contributed by atoms with Gasteiger partial charge in [-0.15, -0.1) is 0 Å². The molecule has 0 saturated carbocycles. The first-order valence-corrected chi connectivity index (χ1v) is 7.78. The number of fused-ring (bicyclic) bond motifs is 1. The van der Waals surface area contributed by atoms with Gasteiger partial charge in [0.15, 0.2) is 0 Å². The van der Waals surface area contributed by atoms with Gasteiger partial charge in [0.05, 0.1) is 16.4 Å². The third kappa shape index (κ3) is 2.60. The van der Waals surface area contributed by atoms with Gasteiger partial charge < -0.3 is 10.1 Å². The van der Waals surface area contributed by atoms with E-state index in [1.165, 1.54) is 0 Å². The van der Waals surface area contributed by atoms with E-state index in [0.29, 0.717) is 11.4 Å². The van der Waals surface area contributed by atoms with Crippen LogP contribution in [0.4, 0.5) is 0 Å². The SMILES string of the molecule is Cc1cc(-c2nc3cccc(C)n3c2CC(N)=S)ccc1Cl. The molecule has 112 valence electrons. The Morgan fingerprint density at radius 1 is 1.27 bits per heavy atom. The van der Waals surface area contributed by atoms with Crippen LogP contribution in [0.25, 0.3) is 16.9 Å². The number of thiocarbonyl (C=S) groups is 1. The molecule has 2 N–H and O–H groups in total. The molecule has 0 fully saturated rings. The topological polar surface area (TPSA) is 43.3 Å². The van der Waals surface area contributed by atoms with Gasteiger partial charge >= 0.3 is 0 Å². The summed E-state index contributed by atoms with van der Waals surface area (Å²) in [5.74, 6) is 0. The van der Waals surface area contributed by atoms with Crippen molar-refractivity contribution in [2.24, 2.45) is 5.73 Å². The predicted octanol–water partition coefficient (Wildman–Crippen LogP) is 4.10. The van der Waals surface area contributed by atoms with Crippen molar-refractivity contribution >= 4 is 34.5 Å². The average Bonchev–Trinajstić information content (AvgIpc) is 2.81. The summed E-state index contributed by atoms with van der Waals surface area (Å²) in [5, 5.41) is 0.750. The van der Waals surface area contributed by atoms with Crippen LogP contribution < -0.4 is 5.73 Å². The smallest absolute Gasteiger partial charge is 0.137 e. The fraction of sp³-hybridized carbons (Fsp3) is 0.176. The normalized spacial score (nSPS) is 11.0. The van der Waals surface area contributed by atoms with Gasteiger partial charge in [0, 0.05) is 22.7 Å². The van der Waals surface area contributed by atoms with Crippen molar-refractivity contribution in [3.63, 3.8) is 0 Å². The second-order valence-corrected chi connectivity index (χ2v) is 6.31. The zero-order valence-electron chi connectivity index (χ0n) is 12.4. The maximum Gasteiger partial charge on any atom is 0.137 e. The van der Waals surface area contributed by atoms with Crippen molar-refractivity contribution < 1.29 is 0 Å². The first kappa shape index (κ1) is 15.0. The largest absolute Gasteiger partial charge is 0.393 e. The van der Waals surface area contributed by atoms with Crippen LogP contribution in [0.3, 0.4) is 0 Å². The minimum Gasteiger partial charge on any atom is -0.393 e. The van der Waals surface area contributed by atoms with Gasteiger partial charge in [0.1, 0.15) is 5.65 Å². The van der Waals surface area contributed by atoms with E-state index in [-0.39, 0.29) is 0 Å². The van der Waals surface area contributed by atoms with E-state index in [1.807, 2.05) is 37.3 Å². The molecule has 3 nitrogen and oxygen atoms in total. The number of hydrogen-bond donors (Lipinski definition) is 1. The van der Waals surface area contributed by atoms with Crippen molar-refractivity contribution in [1.29, 1.82) is 0 Å². The maximum absolute atomic E-state index is 6.13. The van der Waals surface area contributed by atoms with Crippen LogP contribution in [-0.2, 0) is 6.42 Å². The Labute approximate surface area is 139 Å². The minimum absolute atomic E-state index is 0.456. The summed E-state index contributed by atoms with van der Waals surface area (Å²) in [6, 6.07) is 12.0. The summed E-state index contributed by atoms with van der Waals surface area (Å²) in [7, 11) is 0. The van der Waals surface area contributed by atoms with Gasteiger partial charge in [0.25, 0.3) is 0 Å². The van der Waals surface area contributed by atoms with Crippen LogP contribution in [0.5, 0.6) is 0 Å². The summed E-state index contributed by atoms with van der Waals surface area (Å²) in [5.41, 5.74) is 11.8. The van der Waals surface area contributed by atoms with E-state index in [9.17, 15) is 0 Å². The zero-order chi connectivity index (χ0) is 15.9. The second kappa shape index (κ2) is 5.71. The number of nitrogens with zero attached hydrogens (tertiary/aromatic N) is 2. The lowest BCUT2D eigenvalue weighted by Gasteiger charge is -2.08. The van der Waals surface area contributed by atoms with Gasteiger partial charge in [-0.05, 0) is 43.7 Å². The fourth-order valence-electron chi connectivity index (χ4n) is 2.68. The predicted molar refractivity (Wildman–Crippen MR) is 95.6 cm³/mol. The van der Waals surface area contributed by atoms with Crippen LogP contribution in [0.2, 0.25) is 5.02 Å². The molecule has 0 unspecified atom stereocenters. The first-order valence-electron chi connectivity index (χ1n) is 6.99. The van der Waals surface area contributed by atoms with Crippen LogP contribution in [0.1, 0.15) is 17.0 Å². The van der Waals surface area contributed by atoms with Crippen molar-refractivity contribution in [3.8, 4) is 11.3 Å². The number of aromatic nitrogens is 2. The van der Waals surface area contributed by atoms with Crippen molar-refractivity contribution in [3.05, 3.63) is 58.4 Å². The molecule has 0 saturated heterocycles. The Morgan fingerprint density at radius 2 is 2.05 bits per heavy atom. The second-order valence-electron chi connectivity index (χ2n) is 5.37. The lowest BCUT2D eigenvalue weighted by atomic mass is 10.1. The van der Waals surface area contributed by atoms with Crippen LogP contribution in [-0.4, -0.2) is 14.4 Å². The zero-order valence-corrected chi connectivity index (χ0v) is 14.0. The third-order valence-electron chi connectivity index (χ3n) is 3.71. The molecule has 0 aliphatic heterocycles. The number of aryl methyl sites for hydroxylation is 2. The van der Waals surface area contributed by atoms with Crippen LogP contribution in [0.15, 0.2) is 36.4 Å². The van der Waals surface area contributed by atoms with E-state index < -0.39 is 0 Å². The summed E-state index contributed by atoms with van der Waals surface area (Å²) in [6.07, 6.45) is 0.512. The number of halogens is 1. The summed E-state index contributed by atoms with van der Waals surface area (Å²) < 4.78 is 2.11. The summed E-state index contributed by atoms with van der Waals surface area (Å²) in [6.45, 7) is 4.04. The molecule has 0 atom stereocenters. The Morgan fingerprint density at radius 3 is 2.73 bits per heavy atom. The molecule has 1 aromatic carbocycles. The Kier molecular flexibility index (Phi) is 3.89. The molecule has 0 radical (unpaired) electrons. The number of hydrogen-bond acceptors (Lipinski definition) is 2. The van der Waals surface area contributed by atoms with E-state index >= 15 is 0 Å². The monoisotopic (exact) mass is 329 g/mol. The molecular weight excluding hydrogens is 314 g/mol. The summed E-state index contributed by atoms with van der Waals surface area (Å²) in [4.78, 5) is 5.23. The molecule has 2 aromatic heterocycles. The molecule has 0 bridgehead atoms. The van der Waals surface area contributed by atoms with E-state index in [0.717, 1.165) is 38.9 Å². The molecule has 3 aromatic rings. The molecule has 22 heavy (non-hydrogen) atoms.